The van der Waals surface area contributed by atoms with Crippen molar-refractivity contribution in [2.24, 2.45) is 0 Å². The van der Waals surface area contributed by atoms with Gasteiger partial charge in [-0.1, -0.05) is 35.3 Å². The van der Waals surface area contributed by atoms with E-state index in [1.165, 1.54) is 22.6 Å². The second-order valence-electron chi connectivity index (χ2n) is 8.12. The molecule has 0 spiro atoms. The molecule has 0 aliphatic heterocycles. The lowest BCUT2D eigenvalue weighted by Gasteiger charge is -2.12. The molecule has 9 heteroatoms. The Kier molecular flexibility index (Phi) is 7.11. The van der Waals surface area contributed by atoms with Gasteiger partial charge in [0.15, 0.2) is 0 Å². The highest BCUT2D eigenvalue weighted by atomic mass is 35.5. The lowest BCUT2D eigenvalue weighted by molar-refractivity contribution is -0.112. The summed E-state index contributed by atoms with van der Waals surface area (Å²) in [5.74, 6) is -0.575. The number of pyridine rings is 1. The molecule has 0 atom stereocenters. The molecule has 2 heterocycles. The fraction of sp³-hybridized carbons (Fsp3) is 0.111. The van der Waals surface area contributed by atoms with Crippen LogP contribution in [0.3, 0.4) is 0 Å². The molecule has 0 bridgehead atoms. The number of fused-ring (bicyclic) bond motifs is 1. The van der Waals surface area contributed by atoms with E-state index in [4.69, 9.17) is 27.9 Å². The topological polar surface area (TPSA) is 96.5 Å². The standard InChI is InChI=1S/C27H20Cl2N4O3/c1-15-6-8-20(11-17(15)3)31-25(34)18(14-30)12-21-26(36-23-9-7-19(28)13-22(23)29)32-24-16(2)5-4-10-33(24)27(21)35/h4-13H,1-3H3,(H,31,34)/b18-12-. The zero-order valence-electron chi connectivity index (χ0n) is 19.6. The highest BCUT2D eigenvalue weighted by Gasteiger charge is 2.19. The summed E-state index contributed by atoms with van der Waals surface area (Å²) in [7, 11) is 0. The van der Waals surface area contributed by atoms with Gasteiger partial charge in [-0.25, -0.2) is 0 Å². The minimum atomic E-state index is -0.676. The maximum atomic E-state index is 13.4. The van der Waals surface area contributed by atoms with Crippen LogP contribution in [0.25, 0.3) is 11.7 Å². The maximum Gasteiger partial charge on any atom is 0.269 e. The summed E-state index contributed by atoms with van der Waals surface area (Å²) in [6.45, 7) is 5.67. The van der Waals surface area contributed by atoms with E-state index in [0.717, 1.165) is 16.7 Å². The maximum absolute atomic E-state index is 13.4. The van der Waals surface area contributed by atoms with Crippen LogP contribution in [0.15, 0.2) is 65.1 Å². The number of carbonyl (C=O) groups excluding carboxylic acids is 1. The molecule has 0 saturated carbocycles. The molecular weight excluding hydrogens is 499 g/mol. The molecule has 0 aliphatic carbocycles. The number of carbonyl (C=O) groups is 1. The third kappa shape index (κ3) is 5.10. The summed E-state index contributed by atoms with van der Waals surface area (Å²) in [5, 5.41) is 13.1. The van der Waals surface area contributed by atoms with E-state index in [1.807, 2.05) is 26.0 Å². The Labute approximate surface area is 217 Å². The number of nitrogens with zero attached hydrogens (tertiary/aromatic N) is 3. The fourth-order valence-electron chi connectivity index (χ4n) is 3.47. The average molecular weight is 519 g/mol. The first kappa shape index (κ1) is 25.0. The van der Waals surface area contributed by atoms with Gasteiger partial charge in [0.1, 0.15) is 28.6 Å². The van der Waals surface area contributed by atoms with Crippen LogP contribution in [0.1, 0.15) is 22.3 Å². The van der Waals surface area contributed by atoms with Gasteiger partial charge in [0, 0.05) is 16.9 Å². The number of rotatable bonds is 5. The molecule has 0 aliphatic rings. The molecule has 4 aromatic rings. The van der Waals surface area contributed by atoms with E-state index in [0.29, 0.717) is 16.4 Å². The molecule has 1 amide bonds. The summed E-state index contributed by atoms with van der Waals surface area (Å²) >= 11 is 12.2. The lowest BCUT2D eigenvalue weighted by atomic mass is 10.1. The predicted molar refractivity (Wildman–Crippen MR) is 141 cm³/mol. The van der Waals surface area contributed by atoms with Crippen molar-refractivity contribution >= 4 is 46.5 Å². The zero-order chi connectivity index (χ0) is 26.0. The number of nitrogens with one attached hydrogen (secondary N) is 1. The normalized spacial score (nSPS) is 11.3. The fourth-order valence-corrected chi connectivity index (χ4v) is 3.91. The minimum Gasteiger partial charge on any atom is -0.437 e. The molecule has 0 unspecified atom stereocenters. The second-order valence-corrected chi connectivity index (χ2v) is 8.96. The minimum absolute atomic E-state index is 0.0871. The number of aryl methyl sites for hydroxylation is 3. The molecule has 0 fully saturated rings. The van der Waals surface area contributed by atoms with E-state index < -0.39 is 11.5 Å². The number of ether oxygens (including phenoxy) is 1. The van der Waals surface area contributed by atoms with Crippen LogP contribution < -0.4 is 15.6 Å². The number of halogens is 2. The Morgan fingerprint density at radius 3 is 2.56 bits per heavy atom. The van der Waals surface area contributed by atoms with Gasteiger partial charge in [-0.3, -0.25) is 14.0 Å². The first-order valence-electron chi connectivity index (χ1n) is 10.8. The molecule has 1 N–H and O–H groups in total. The first-order chi connectivity index (χ1) is 17.2. The van der Waals surface area contributed by atoms with Gasteiger partial charge in [-0.15, -0.1) is 0 Å². The molecule has 4 rings (SSSR count). The molecule has 0 radical (unpaired) electrons. The smallest absolute Gasteiger partial charge is 0.269 e. The summed E-state index contributed by atoms with van der Waals surface area (Å²) in [5.41, 5.74) is 2.76. The average Bonchev–Trinajstić information content (AvgIpc) is 2.83. The van der Waals surface area contributed by atoms with Crippen molar-refractivity contribution in [3.05, 3.63) is 103 Å². The molecule has 2 aromatic carbocycles. The van der Waals surface area contributed by atoms with Crippen molar-refractivity contribution in [3.8, 4) is 17.7 Å². The third-order valence-electron chi connectivity index (χ3n) is 5.57. The Morgan fingerprint density at radius 2 is 1.86 bits per heavy atom. The van der Waals surface area contributed by atoms with Gasteiger partial charge in [-0.2, -0.15) is 10.2 Å². The van der Waals surface area contributed by atoms with Crippen LogP contribution in [0.4, 0.5) is 5.69 Å². The molecule has 0 saturated heterocycles. The SMILES string of the molecule is Cc1ccc(NC(=O)/C(C#N)=C\c2c(Oc3ccc(Cl)cc3Cl)nc3c(C)cccn3c2=O)cc1C. The number of benzene rings is 2. The number of aromatic nitrogens is 2. The molecule has 2 aromatic heterocycles. The quantitative estimate of drug-likeness (QED) is 0.248. The number of nitriles is 1. The number of amides is 1. The van der Waals surface area contributed by atoms with Crippen molar-refractivity contribution in [1.82, 2.24) is 9.38 Å². The Balaban J connectivity index is 1.84. The molecule has 36 heavy (non-hydrogen) atoms. The van der Waals surface area contributed by atoms with Crippen LogP contribution in [0, 0.1) is 32.1 Å². The van der Waals surface area contributed by atoms with Crippen LogP contribution >= 0.6 is 23.2 Å². The largest absolute Gasteiger partial charge is 0.437 e. The first-order valence-corrected chi connectivity index (χ1v) is 11.6. The Morgan fingerprint density at radius 1 is 1.08 bits per heavy atom. The van der Waals surface area contributed by atoms with Gasteiger partial charge >= 0.3 is 0 Å². The molecular formula is C27H20Cl2N4O3. The predicted octanol–water partition coefficient (Wildman–Crippen LogP) is 6.26. The van der Waals surface area contributed by atoms with E-state index in [9.17, 15) is 14.9 Å². The van der Waals surface area contributed by atoms with Crippen LogP contribution in [-0.4, -0.2) is 15.3 Å². The molecule has 180 valence electrons. The van der Waals surface area contributed by atoms with E-state index in [2.05, 4.69) is 10.3 Å². The van der Waals surface area contributed by atoms with Gasteiger partial charge in [0.25, 0.3) is 11.5 Å². The Hall–Kier alpha value is -4.12. The molecule has 7 nitrogen and oxygen atoms in total. The Bertz CT molecular complexity index is 1650. The highest BCUT2D eigenvalue weighted by molar-refractivity contribution is 6.35. The number of hydrogen-bond acceptors (Lipinski definition) is 5. The lowest BCUT2D eigenvalue weighted by Crippen LogP contribution is -2.20. The zero-order valence-corrected chi connectivity index (χ0v) is 21.1. The summed E-state index contributed by atoms with van der Waals surface area (Å²) in [4.78, 5) is 30.9. The van der Waals surface area contributed by atoms with Crippen molar-refractivity contribution < 1.29 is 9.53 Å². The van der Waals surface area contributed by atoms with Crippen LogP contribution in [-0.2, 0) is 4.79 Å². The monoisotopic (exact) mass is 518 g/mol. The number of hydrogen-bond donors (Lipinski definition) is 1. The van der Waals surface area contributed by atoms with Crippen molar-refractivity contribution in [3.63, 3.8) is 0 Å². The van der Waals surface area contributed by atoms with E-state index >= 15 is 0 Å². The van der Waals surface area contributed by atoms with Gasteiger partial charge < -0.3 is 10.1 Å². The van der Waals surface area contributed by atoms with E-state index in [-0.39, 0.29) is 27.8 Å². The van der Waals surface area contributed by atoms with Gasteiger partial charge in [0.2, 0.25) is 5.88 Å². The highest BCUT2D eigenvalue weighted by Crippen LogP contribution is 2.32. The summed E-state index contributed by atoms with van der Waals surface area (Å²) < 4.78 is 7.24. The van der Waals surface area contributed by atoms with Crippen LogP contribution in [0.5, 0.6) is 11.6 Å². The van der Waals surface area contributed by atoms with Gasteiger partial charge in [-0.05, 0) is 79.9 Å². The van der Waals surface area contributed by atoms with Crippen LogP contribution in [0.2, 0.25) is 10.0 Å². The van der Waals surface area contributed by atoms with Crippen molar-refractivity contribution in [2.75, 3.05) is 5.32 Å². The second kappa shape index (κ2) is 10.2. The van der Waals surface area contributed by atoms with E-state index in [1.54, 1.807) is 43.5 Å². The third-order valence-corrected chi connectivity index (χ3v) is 6.10. The number of anilines is 1. The van der Waals surface area contributed by atoms with Crippen molar-refractivity contribution in [2.45, 2.75) is 20.8 Å². The summed E-state index contributed by atoms with van der Waals surface area (Å²) in [6, 6.07) is 15.4. The van der Waals surface area contributed by atoms with Gasteiger partial charge in [0.05, 0.1) is 5.02 Å². The van der Waals surface area contributed by atoms with Crippen molar-refractivity contribution in [1.29, 1.82) is 5.26 Å². The summed E-state index contributed by atoms with van der Waals surface area (Å²) in [6.07, 6.45) is 2.72.